The van der Waals surface area contributed by atoms with E-state index in [-0.39, 0.29) is 0 Å². The third kappa shape index (κ3) is 4.56. The zero-order valence-corrected chi connectivity index (χ0v) is 17.9. The van der Waals surface area contributed by atoms with Crippen LogP contribution in [-0.2, 0) is 20.7 Å². The highest BCUT2D eigenvalue weighted by atomic mass is 16.6. The summed E-state index contributed by atoms with van der Waals surface area (Å²) in [7, 11) is 0. The van der Waals surface area contributed by atoms with Crippen LogP contribution in [0.15, 0.2) is 63.8 Å². The molecule has 1 aromatic heterocycles. The number of carbonyl (C=O) groups is 2. The number of esters is 2. The molecule has 3 aromatic rings. The van der Waals surface area contributed by atoms with Gasteiger partial charge in [0.25, 0.3) is 0 Å². The van der Waals surface area contributed by atoms with Crippen molar-refractivity contribution in [3.8, 4) is 11.5 Å². The van der Waals surface area contributed by atoms with Gasteiger partial charge in [0.2, 0.25) is 0 Å². The third-order valence-electron chi connectivity index (χ3n) is 5.19. The van der Waals surface area contributed by atoms with Crippen molar-refractivity contribution in [2.45, 2.75) is 38.9 Å². The molecule has 2 heterocycles. The van der Waals surface area contributed by atoms with E-state index in [1.165, 1.54) is 19.1 Å². The minimum atomic E-state index is -0.797. The molecule has 0 saturated carbocycles. The highest BCUT2D eigenvalue weighted by Gasteiger charge is 2.39. The van der Waals surface area contributed by atoms with Crippen LogP contribution in [0.2, 0.25) is 0 Å². The van der Waals surface area contributed by atoms with Crippen LogP contribution in [-0.4, -0.2) is 23.6 Å². The number of hydrogen-bond acceptors (Lipinski definition) is 7. The fourth-order valence-corrected chi connectivity index (χ4v) is 3.58. The Morgan fingerprint density at radius 2 is 1.91 bits per heavy atom. The summed E-state index contributed by atoms with van der Waals surface area (Å²) >= 11 is 0. The molecule has 7 nitrogen and oxygen atoms in total. The maximum atomic E-state index is 12.5. The molecule has 0 aliphatic carbocycles. The topological polar surface area (TPSA) is 92.0 Å². The Kier molecular flexibility index (Phi) is 5.57. The van der Waals surface area contributed by atoms with Crippen molar-refractivity contribution in [3.05, 3.63) is 76.2 Å². The molecule has 0 amide bonds. The molecule has 1 aliphatic heterocycles. The van der Waals surface area contributed by atoms with Gasteiger partial charge in [-0.05, 0) is 43.7 Å². The fraction of sp³-hybridized carbons (Fsp3) is 0.240. The molecule has 1 aliphatic rings. The van der Waals surface area contributed by atoms with Crippen molar-refractivity contribution in [3.63, 3.8) is 0 Å². The summed E-state index contributed by atoms with van der Waals surface area (Å²) < 4.78 is 22.2. The predicted molar refractivity (Wildman–Crippen MR) is 118 cm³/mol. The van der Waals surface area contributed by atoms with E-state index in [0.717, 1.165) is 10.9 Å². The summed E-state index contributed by atoms with van der Waals surface area (Å²) in [5.41, 5.74) is 0.651. The molecule has 1 atom stereocenters. The van der Waals surface area contributed by atoms with Crippen molar-refractivity contribution in [1.29, 1.82) is 0 Å². The first-order valence-electron chi connectivity index (χ1n) is 10.1. The molecule has 0 bridgehead atoms. The zero-order valence-electron chi connectivity index (χ0n) is 17.9. The lowest BCUT2D eigenvalue weighted by molar-refractivity contribution is -0.155. The summed E-state index contributed by atoms with van der Waals surface area (Å²) in [6.07, 6.45) is 2.74. The van der Waals surface area contributed by atoms with Gasteiger partial charge in [0.1, 0.15) is 28.8 Å². The van der Waals surface area contributed by atoms with Crippen LogP contribution in [0.5, 0.6) is 11.5 Å². The lowest BCUT2D eigenvalue weighted by Gasteiger charge is -2.39. The Labute approximate surface area is 184 Å². The zero-order chi connectivity index (χ0) is 22.9. The molecule has 0 N–H and O–H groups in total. The molecule has 0 spiro atoms. The number of rotatable bonds is 4. The van der Waals surface area contributed by atoms with E-state index in [4.69, 9.17) is 18.6 Å². The SMILES string of the molecule is CC(=O)Oc1ccccc1C=CC(=O)O[C@@H]1Cc2cc3ccc(=O)oc3cc2OC1(C)C. The van der Waals surface area contributed by atoms with Gasteiger partial charge in [0.05, 0.1) is 0 Å². The third-order valence-corrected chi connectivity index (χ3v) is 5.19. The van der Waals surface area contributed by atoms with Gasteiger partial charge in [0, 0.05) is 42.5 Å². The van der Waals surface area contributed by atoms with Crippen LogP contribution in [0.1, 0.15) is 31.9 Å². The number of ether oxygens (including phenoxy) is 3. The Morgan fingerprint density at radius 1 is 1.12 bits per heavy atom. The van der Waals surface area contributed by atoms with Gasteiger partial charge < -0.3 is 18.6 Å². The molecule has 32 heavy (non-hydrogen) atoms. The maximum Gasteiger partial charge on any atom is 0.336 e. The molecule has 0 saturated heterocycles. The number of para-hydroxylation sites is 1. The standard InChI is InChI=1S/C25H22O7/c1-15(26)29-19-7-5-4-6-16(19)8-10-24(28)31-22-13-18-12-17-9-11-23(27)30-20(17)14-21(18)32-25(22,2)3/h4-12,14,22H,13H2,1-3H3/t22-/m1/s1. The highest BCUT2D eigenvalue weighted by Crippen LogP contribution is 2.37. The fourth-order valence-electron chi connectivity index (χ4n) is 3.58. The second-order valence-corrected chi connectivity index (χ2v) is 8.05. The van der Waals surface area contributed by atoms with Gasteiger partial charge in [-0.2, -0.15) is 0 Å². The molecule has 0 radical (unpaired) electrons. The molecule has 7 heteroatoms. The van der Waals surface area contributed by atoms with E-state index in [1.807, 2.05) is 19.9 Å². The molecular formula is C25H22O7. The normalized spacial score (nSPS) is 16.9. The average Bonchev–Trinajstić information content (AvgIpc) is 2.72. The van der Waals surface area contributed by atoms with E-state index in [9.17, 15) is 14.4 Å². The largest absolute Gasteiger partial charge is 0.484 e. The van der Waals surface area contributed by atoms with Gasteiger partial charge >= 0.3 is 17.6 Å². The van der Waals surface area contributed by atoms with Crippen LogP contribution < -0.4 is 15.1 Å². The monoisotopic (exact) mass is 434 g/mol. The van der Waals surface area contributed by atoms with Gasteiger partial charge in [-0.15, -0.1) is 0 Å². The predicted octanol–water partition coefficient (Wildman–Crippen LogP) is 4.06. The molecule has 164 valence electrons. The van der Waals surface area contributed by atoms with Crippen LogP contribution in [0.3, 0.4) is 0 Å². The van der Waals surface area contributed by atoms with E-state index in [0.29, 0.717) is 29.1 Å². The first kappa shape index (κ1) is 21.4. The van der Waals surface area contributed by atoms with Gasteiger partial charge in [-0.1, -0.05) is 18.2 Å². The molecule has 0 fully saturated rings. The Hall–Kier alpha value is -3.87. The Bertz CT molecular complexity index is 1280. The lowest BCUT2D eigenvalue weighted by atomic mass is 9.90. The molecule has 4 rings (SSSR count). The Morgan fingerprint density at radius 3 is 2.69 bits per heavy atom. The summed E-state index contributed by atoms with van der Waals surface area (Å²) in [5.74, 6) is -0.0348. The first-order chi connectivity index (χ1) is 15.2. The van der Waals surface area contributed by atoms with Crippen molar-refractivity contribution in [1.82, 2.24) is 0 Å². The maximum absolute atomic E-state index is 12.5. The number of fused-ring (bicyclic) bond motifs is 2. The number of carbonyl (C=O) groups excluding carboxylic acids is 2. The summed E-state index contributed by atoms with van der Waals surface area (Å²) in [6.45, 7) is 4.98. The quantitative estimate of drug-likeness (QED) is 0.265. The average molecular weight is 434 g/mol. The van der Waals surface area contributed by atoms with E-state index in [2.05, 4.69) is 0 Å². The van der Waals surface area contributed by atoms with Crippen molar-refractivity contribution in [2.24, 2.45) is 0 Å². The second-order valence-electron chi connectivity index (χ2n) is 8.05. The van der Waals surface area contributed by atoms with Crippen molar-refractivity contribution in [2.75, 3.05) is 0 Å². The van der Waals surface area contributed by atoms with Crippen LogP contribution in [0.4, 0.5) is 0 Å². The number of hydrogen-bond donors (Lipinski definition) is 0. The van der Waals surface area contributed by atoms with Crippen LogP contribution in [0, 0.1) is 0 Å². The van der Waals surface area contributed by atoms with E-state index < -0.39 is 29.3 Å². The summed E-state index contributed by atoms with van der Waals surface area (Å²) in [4.78, 5) is 35.3. The van der Waals surface area contributed by atoms with Gasteiger partial charge in [-0.3, -0.25) is 4.79 Å². The molecule has 2 aromatic carbocycles. The van der Waals surface area contributed by atoms with Crippen LogP contribution in [0.25, 0.3) is 17.0 Å². The van der Waals surface area contributed by atoms with Gasteiger partial charge in [-0.25, -0.2) is 9.59 Å². The summed E-state index contributed by atoms with van der Waals surface area (Å²) in [5, 5.41) is 0.763. The van der Waals surface area contributed by atoms with Crippen LogP contribution >= 0.6 is 0 Å². The van der Waals surface area contributed by atoms with Crippen molar-refractivity contribution >= 4 is 29.0 Å². The minimum Gasteiger partial charge on any atom is -0.484 e. The lowest BCUT2D eigenvalue weighted by Crippen LogP contribution is -2.48. The smallest absolute Gasteiger partial charge is 0.336 e. The second kappa shape index (κ2) is 8.34. The van der Waals surface area contributed by atoms with Gasteiger partial charge in [0.15, 0.2) is 0 Å². The first-order valence-corrected chi connectivity index (χ1v) is 10.1. The minimum absolute atomic E-state index is 0.359. The van der Waals surface area contributed by atoms with E-state index in [1.54, 1.807) is 42.5 Å². The van der Waals surface area contributed by atoms with Crippen molar-refractivity contribution < 1.29 is 28.2 Å². The molecule has 0 unspecified atom stereocenters. The number of benzene rings is 2. The summed E-state index contributed by atoms with van der Waals surface area (Å²) in [6, 6.07) is 13.5. The van der Waals surface area contributed by atoms with E-state index >= 15 is 0 Å². The highest BCUT2D eigenvalue weighted by molar-refractivity contribution is 5.88. The Balaban J connectivity index is 1.53. The molecular weight excluding hydrogens is 412 g/mol.